The smallest absolute Gasteiger partial charge is 0.307 e. The number of halogens is 1. The number of aromatic nitrogens is 1. The minimum Gasteiger partial charge on any atom is -0.326 e. The third kappa shape index (κ3) is 5.07. The number of carbonyl (C=O) groups is 2. The number of amides is 2. The van der Waals surface area contributed by atoms with Crippen molar-refractivity contribution in [2.45, 2.75) is 52.0 Å². The summed E-state index contributed by atoms with van der Waals surface area (Å²) >= 11 is 1.10. The fourth-order valence-electron chi connectivity index (χ4n) is 3.41. The first-order valence-corrected chi connectivity index (χ1v) is 10.4. The molecule has 2 N–H and O–H groups in total. The lowest BCUT2D eigenvalue weighted by molar-refractivity contribution is -0.120. The summed E-state index contributed by atoms with van der Waals surface area (Å²) in [5.74, 6) is -1.08. The molecule has 6 nitrogen and oxygen atoms in total. The van der Waals surface area contributed by atoms with Crippen LogP contribution in [0.2, 0.25) is 0 Å². The van der Waals surface area contributed by atoms with Crippen molar-refractivity contribution in [2.24, 2.45) is 5.92 Å². The van der Waals surface area contributed by atoms with Gasteiger partial charge in [0.1, 0.15) is 5.82 Å². The standard InChI is InChI=1S/C20H24FN3O3S/c1-13-12-28-20(27)24(13)10-9-18(25)22-15-7-8-16(21)17(11-15)23-19(26)14-5-3-2-4-6-14/h7-8,11-12,14H,2-6,9-10H2,1H3,(H,22,25)(H,23,26). The molecular formula is C20H24FN3O3S. The third-order valence-electron chi connectivity index (χ3n) is 5.02. The maximum absolute atomic E-state index is 14.1. The average Bonchev–Trinajstić information content (AvgIpc) is 3.01. The lowest BCUT2D eigenvalue weighted by atomic mass is 9.88. The van der Waals surface area contributed by atoms with E-state index in [1.165, 1.54) is 18.2 Å². The first-order chi connectivity index (χ1) is 13.4. The van der Waals surface area contributed by atoms with Crippen LogP contribution < -0.4 is 15.5 Å². The first-order valence-electron chi connectivity index (χ1n) is 9.49. The van der Waals surface area contributed by atoms with E-state index >= 15 is 0 Å². The summed E-state index contributed by atoms with van der Waals surface area (Å²) in [5, 5.41) is 7.10. The summed E-state index contributed by atoms with van der Waals surface area (Å²) in [6, 6.07) is 4.10. The fourth-order valence-corrected chi connectivity index (χ4v) is 4.17. The molecule has 150 valence electrons. The molecule has 1 aromatic heterocycles. The Balaban J connectivity index is 1.59. The monoisotopic (exact) mass is 405 g/mol. The molecule has 1 aliphatic rings. The highest BCUT2D eigenvalue weighted by Crippen LogP contribution is 2.26. The molecule has 1 aromatic carbocycles. The molecule has 0 spiro atoms. The Kier molecular flexibility index (Phi) is 6.61. The van der Waals surface area contributed by atoms with Gasteiger partial charge in [-0.3, -0.25) is 14.4 Å². The molecule has 28 heavy (non-hydrogen) atoms. The minimum atomic E-state index is -0.539. The van der Waals surface area contributed by atoms with Gasteiger partial charge in [0.05, 0.1) is 5.69 Å². The molecule has 8 heteroatoms. The van der Waals surface area contributed by atoms with Crippen LogP contribution in [0.3, 0.4) is 0 Å². The Morgan fingerprint density at radius 2 is 1.96 bits per heavy atom. The number of rotatable bonds is 6. The Morgan fingerprint density at radius 3 is 2.64 bits per heavy atom. The van der Waals surface area contributed by atoms with Crippen molar-refractivity contribution in [1.29, 1.82) is 0 Å². The normalized spacial score (nSPS) is 14.6. The van der Waals surface area contributed by atoms with E-state index < -0.39 is 5.82 Å². The largest absolute Gasteiger partial charge is 0.326 e. The highest BCUT2D eigenvalue weighted by atomic mass is 32.1. The van der Waals surface area contributed by atoms with Gasteiger partial charge in [0, 0.05) is 35.6 Å². The van der Waals surface area contributed by atoms with E-state index in [1.54, 1.807) is 9.95 Å². The molecule has 1 heterocycles. The van der Waals surface area contributed by atoms with Gasteiger partial charge in [0.15, 0.2) is 0 Å². The topological polar surface area (TPSA) is 80.2 Å². The Labute approximate surface area is 166 Å². The zero-order valence-corrected chi connectivity index (χ0v) is 16.6. The molecule has 0 radical (unpaired) electrons. The molecule has 1 aliphatic carbocycles. The van der Waals surface area contributed by atoms with Gasteiger partial charge in [-0.15, -0.1) is 0 Å². The van der Waals surface area contributed by atoms with Crippen molar-refractivity contribution in [3.8, 4) is 0 Å². The number of nitrogens with zero attached hydrogens (tertiary/aromatic N) is 1. The minimum absolute atomic E-state index is 0.0678. The Morgan fingerprint density at radius 1 is 1.21 bits per heavy atom. The van der Waals surface area contributed by atoms with Crippen LogP contribution in [0.1, 0.15) is 44.2 Å². The molecule has 2 amide bonds. The van der Waals surface area contributed by atoms with Crippen LogP contribution in [0, 0.1) is 18.7 Å². The molecule has 0 unspecified atom stereocenters. The number of aryl methyl sites for hydroxylation is 1. The summed E-state index contributed by atoms with van der Waals surface area (Å²) in [6.45, 7) is 2.10. The second kappa shape index (κ2) is 9.14. The van der Waals surface area contributed by atoms with Crippen molar-refractivity contribution in [3.05, 3.63) is 44.8 Å². The molecule has 0 atom stereocenters. The van der Waals surface area contributed by atoms with Crippen LogP contribution in [-0.2, 0) is 16.1 Å². The number of benzene rings is 1. The SMILES string of the molecule is Cc1csc(=O)n1CCC(=O)Nc1ccc(F)c(NC(=O)C2CCCCC2)c1. The fraction of sp³-hybridized carbons (Fsp3) is 0.450. The predicted molar refractivity (Wildman–Crippen MR) is 108 cm³/mol. The molecule has 0 aliphatic heterocycles. The maximum atomic E-state index is 14.1. The molecule has 2 aromatic rings. The summed E-state index contributed by atoms with van der Waals surface area (Å²) in [6.07, 6.45) is 4.94. The summed E-state index contributed by atoms with van der Waals surface area (Å²) in [5.41, 5.74) is 1.29. The maximum Gasteiger partial charge on any atom is 0.307 e. The van der Waals surface area contributed by atoms with Crippen LogP contribution >= 0.6 is 11.3 Å². The van der Waals surface area contributed by atoms with E-state index in [2.05, 4.69) is 10.6 Å². The van der Waals surface area contributed by atoms with Gasteiger partial charge in [-0.2, -0.15) is 0 Å². The zero-order chi connectivity index (χ0) is 20.1. The number of thiazole rings is 1. The van der Waals surface area contributed by atoms with Crippen molar-refractivity contribution in [2.75, 3.05) is 10.6 Å². The van der Waals surface area contributed by atoms with Gasteiger partial charge in [0.2, 0.25) is 11.8 Å². The van der Waals surface area contributed by atoms with E-state index in [1.807, 2.05) is 6.92 Å². The number of nitrogens with one attached hydrogen (secondary N) is 2. The molecule has 3 rings (SSSR count). The summed E-state index contributed by atoms with van der Waals surface area (Å²) in [7, 11) is 0. The van der Waals surface area contributed by atoms with E-state index in [0.717, 1.165) is 49.1 Å². The highest BCUT2D eigenvalue weighted by Gasteiger charge is 2.22. The van der Waals surface area contributed by atoms with E-state index in [0.29, 0.717) is 5.69 Å². The number of hydrogen-bond donors (Lipinski definition) is 2. The molecular weight excluding hydrogens is 381 g/mol. The van der Waals surface area contributed by atoms with Crippen LogP contribution in [0.25, 0.3) is 0 Å². The van der Waals surface area contributed by atoms with E-state index in [-0.39, 0.29) is 41.3 Å². The average molecular weight is 405 g/mol. The number of anilines is 2. The number of carbonyl (C=O) groups excluding carboxylic acids is 2. The van der Waals surface area contributed by atoms with Gasteiger partial charge in [-0.25, -0.2) is 4.39 Å². The number of hydrogen-bond acceptors (Lipinski definition) is 4. The summed E-state index contributed by atoms with van der Waals surface area (Å²) < 4.78 is 15.6. The second-order valence-electron chi connectivity index (χ2n) is 7.11. The highest BCUT2D eigenvalue weighted by molar-refractivity contribution is 7.07. The second-order valence-corrected chi connectivity index (χ2v) is 7.93. The molecule has 0 bridgehead atoms. The Hall–Kier alpha value is -2.48. The van der Waals surface area contributed by atoms with E-state index in [4.69, 9.17) is 0 Å². The van der Waals surface area contributed by atoms with Gasteiger partial charge in [-0.1, -0.05) is 30.6 Å². The van der Waals surface area contributed by atoms with Gasteiger partial charge in [-0.05, 0) is 38.0 Å². The van der Waals surface area contributed by atoms with Crippen LogP contribution in [-0.4, -0.2) is 16.4 Å². The zero-order valence-electron chi connectivity index (χ0n) is 15.8. The van der Waals surface area contributed by atoms with Crippen molar-refractivity contribution < 1.29 is 14.0 Å². The van der Waals surface area contributed by atoms with Gasteiger partial charge >= 0.3 is 4.87 Å². The molecule has 0 saturated heterocycles. The quantitative estimate of drug-likeness (QED) is 0.765. The van der Waals surface area contributed by atoms with Crippen LogP contribution in [0.15, 0.2) is 28.4 Å². The first kappa shape index (κ1) is 20.3. The lowest BCUT2D eigenvalue weighted by Gasteiger charge is -2.21. The van der Waals surface area contributed by atoms with E-state index in [9.17, 15) is 18.8 Å². The van der Waals surface area contributed by atoms with Crippen molar-refractivity contribution in [1.82, 2.24) is 4.57 Å². The summed E-state index contributed by atoms with van der Waals surface area (Å²) in [4.78, 5) is 36.1. The van der Waals surface area contributed by atoms with Crippen molar-refractivity contribution >= 4 is 34.5 Å². The van der Waals surface area contributed by atoms with Gasteiger partial charge < -0.3 is 15.2 Å². The van der Waals surface area contributed by atoms with Gasteiger partial charge in [0.25, 0.3) is 0 Å². The lowest BCUT2D eigenvalue weighted by Crippen LogP contribution is -2.25. The molecule has 1 fully saturated rings. The molecule has 1 saturated carbocycles. The van der Waals surface area contributed by atoms with Crippen LogP contribution in [0.5, 0.6) is 0 Å². The predicted octanol–water partition coefficient (Wildman–Crippen LogP) is 3.90. The van der Waals surface area contributed by atoms with Crippen molar-refractivity contribution in [3.63, 3.8) is 0 Å². The Bertz CT molecular complexity index is 916. The van der Waals surface area contributed by atoms with Crippen LogP contribution in [0.4, 0.5) is 15.8 Å². The third-order valence-corrected chi connectivity index (χ3v) is 5.90.